The van der Waals surface area contributed by atoms with Gasteiger partial charge >= 0.3 is 18.5 Å². The summed E-state index contributed by atoms with van der Waals surface area (Å²) >= 11 is 0.412. The van der Waals surface area contributed by atoms with Crippen LogP contribution in [0.2, 0.25) is 0 Å². The molecule has 0 saturated carbocycles. The molecule has 0 N–H and O–H groups in total. The summed E-state index contributed by atoms with van der Waals surface area (Å²) in [6, 6.07) is 9.12. The number of benzene rings is 3. The Bertz CT molecular complexity index is 1640. The second-order valence-corrected chi connectivity index (χ2v) is 15.2. The van der Waals surface area contributed by atoms with Crippen molar-refractivity contribution in [1.82, 2.24) is 0 Å². The van der Waals surface area contributed by atoms with Crippen molar-refractivity contribution in [2.45, 2.75) is 37.8 Å². The van der Waals surface area contributed by atoms with Gasteiger partial charge in [-0.15, -0.1) is 0 Å². The van der Waals surface area contributed by atoms with Crippen LogP contribution < -0.4 is 14.7 Å². The fraction of sp³-hybridized carbons (Fsp3) is 0.471. The van der Waals surface area contributed by atoms with E-state index in [2.05, 4.69) is 6.07 Å². The lowest BCUT2D eigenvalue weighted by atomic mass is 9.88. The summed E-state index contributed by atoms with van der Waals surface area (Å²) in [5.41, 5.74) is -4.81. The smallest absolute Gasteiger partial charge is 0.417 e. The third-order valence-corrected chi connectivity index (χ3v) is 11.4. The van der Waals surface area contributed by atoms with Crippen molar-refractivity contribution in [1.29, 1.82) is 0 Å². The first kappa shape index (κ1) is 35.9. The molecule has 3 heterocycles. The normalized spacial score (nSPS) is 18.7. The lowest BCUT2D eigenvalue weighted by Crippen LogP contribution is -2.40. The van der Waals surface area contributed by atoms with Crippen LogP contribution >= 0.6 is 11.8 Å². The molecule has 3 aromatic rings. The molecule has 3 aliphatic rings. The molecular weight excluding hydrogens is 702 g/mol. The van der Waals surface area contributed by atoms with Crippen LogP contribution in [0.1, 0.15) is 36.0 Å². The Hall–Kier alpha value is -2.91. The van der Waals surface area contributed by atoms with Gasteiger partial charge < -0.3 is 19.3 Å². The largest absolute Gasteiger partial charge is 0.616 e. The van der Waals surface area contributed by atoms with E-state index < -0.39 is 57.5 Å². The highest BCUT2D eigenvalue weighted by molar-refractivity contribution is 7.99. The molecule has 3 aliphatic heterocycles. The Kier molecular flexibility index (Phi) is 10.3. The van der Waals surface area contributed by atoms with Crippen molar-refractivity contribution in [3.8, 4) is 22.3 Å². The molecule has 0 spiro atoms. The van der Waals surface area contributed by atoms with Gasteiger partial charge in [0.25, 0.3) is 0 Å². The van der Waals surface area contributed by atoms with E-state index in [1.165, 1.54) is 6.07 Å². The van der Waals surface area contributed by atoms with E-state index in [0.717, 1.165) is 43.5 Å². The standard InChI is InChI=1S/C34H33F9N3OS2/c35-32(36,37)22-4-7-30(46-12-16-49(47)17-13-46)26(18-22)25-21-31(45-10-14-48-15-11-45)27(20-29(25)34(41,42)43)24-19-23(44-8-2-1-3-9-44)5-6-28(24)33(38,39)40/h4,6-7,18-21H,1-3,8-17H2. The first-order chi connectivity index (χ1) is 23.1. The summed E-state index contributed by atoms with van der Waals surface area (Å²) < 4.78 is 143. The molecule has 3 aromatic carbocycles. The van der Waals surface area contributed by atoms with Crippen LogP contribution in [0.3, 0.4) is 0 Å². The van der Waals surface area contributed by atoms with E-state index in [1.807, 2.05) is 4.90 Å². The molecule has 3 fully saturated rings. The number of rotatable bonds is 5. The minimum atomic E-state index is -5.15. The first-order valence-corrected chi connectivity index (χ1v) is 18.5. The zero-order chi connectivity index (χ0) is 35.1. The summed E-state index contributed by atoms with van der Waals surface area (Å²) in [4.78, 5) is 5.19. The molecule has 0 amide bonds. The monoisotopic (exact) mass is 734 g/mol. The molecule has 49 heavy (non-hydrogen) atoms. The van der Waals surface area contributed by atoms with E-state index in [-0.39, 0.29) is 47.1 Å². The summed E-state index contributed by atoms with van der Waals surface area (Å²) in [5, 5.41) is 0. The molecule has 6 rings (SSSR count). The number of alkyl halides is 9. The predicted octanol–water partition coefficient (Wildman–Crippen LogP) is 8.99. The Balaban J connectivity index is 1.64. The third-order valence-electron chi connectivity index (χ3n) is 9.15. The van der Waals surface area contributed by atoms with Gasteiger partial charge in [-0.25, -0.2) is 0 Å². The van der Waals surface area contributed by atoms with Gasteiger partial charge in [0, 0.05) is 71.9 Å². The minimum Gasteiger partial charge on any atom is -0.616 e. The average molecular weight is 735 g/mol. The zero-order valence-electron chi connectivity index (χ0n) is 26.2. The summed E-state index contributed by atoms with van der Waals surface area (Å²) in [5.74, 6) is 1.49. The Morgan fingerprint density at radius 2 is 1.18 bits per heavy atom. The lowest BCUT2D eigenvalue weighted by molar-refractivity contribution is -0.138. The van der Waals surface area contributed by atoms with Crippen LogP contribution in [0.4, 0.5) is 56.6 Å². The Labute approximate surface area is 285 Å². The number of thioether (sulfide) groups is 1. The minimum absolute atomic E-state index is 0.0766. The van der Waals surface area contributed by atoms with Crippen LogP contribution in [0.5, 0.6) is 0 Å². The molecule has 0 aromatic heterocycles. The van der Waals surface area contributed by atoms with Crippen LogP contribution in [0, 0.1) is 6.07 Å². The van der Waals surface area contributed by atoms with Crippen molar-refractivity contribution >= 4 is 40.0 Å². The van der Waals surface area contributed by atoms with E-state index >= 15 is 13.2 Å². The number of halogens is 9. The van der Waals surface area contributed by atoms with Crippen molar-refractivity contribution in [3.63, 3.8) is 0 Å². The summed E-state index contributed by atoms with van der Waals surface area (Å²) in [6.45, 7) is 2.05. The maximum absolute atomic E-state index is 15.1. The highest BCUT2D eigenvalue weighted by Gasteiger charge is 2.40. The molecule has 0 atom stereocenters. The second kappa shape index (κ2) is 14.0. The maximum atomic E-state index is 15.1. The van der Waals surface area contributed by atoms with Crippen LogP contribution in [-0.4, -0.2) is 66.8 Å². The molecule has 15 heteroatoms. The molecule has 0 aliphatic carbocycles. The van der Waals surface area contributed by atoms with E-state index in [4.69, 9.17) is 0 Å². The van der Waals surface area contributed by atoms with Gasteiger partial charge in [0.2, 0.25) is 0 Å². The van der Waals surface area contributed by atoms with Gasteiger partial charge in [0.05, 0.1) is 29.8 Å². The Morgan fingerprint density at radius 3 is 1.80 bits per heavy atom. The fourth-order valence-electron chi connectivity index (χ4n) is 6.66. The number of piperidine rings is 1. The molecule has 0 bridgehead atoms. The average Bonchev–Trinajstić information content (AvgIpc) is 3.07. The Morgan fingerprint density at radius 1 is 0.592 bits per heavy atom. The zero-order valence-corrected chi connectivity index (χ0v) is 27.8. The lowest BCUT2D eigenvalue weighted by Gasteiger charge is -2.34. The number of nitrogens with zero attached hydrogens (tertiary/aromatic N) is 3. The molecular formula is C34H33F9N3OS2. The van der Waals surface area contributed by atoms with Gasteiger partial charge in [0.1, 0.15) is 11.5 Å². The highest BCUT2D eigenvalue weighted by atomic mass is 32.2. The van der Waals surface area contributed by atoms with Gasteiger partial charge in [0.15, 0.2) is 0 Å². The van der Waals surface area contributed by atoms with Crippen LogP contribution in [0.25, 0.3) is 22.3 Å². The first-order valence-electron chi connectivity index (χ1n) is 15.9. The van der Waals surface area contributed by atoms with E-state index in [0.29, 0.717) is 55.5 Å². The quantitative estimate of drug-likeness (QED) is 0.193. The summed E-state index contributed by atoms with van der Waals surface area (Å²) in [7, 11) is 0. The number of hydrogen-bond donors (Lipinski definition) is 0. The maximum Gasteiger partial charge on any atom is 0.417 e. The van der Waals surface area contributed by atoms with E-state index in [1.54, 1.807) is 21.6 Å². The third kappa shape index (κ3) is 7.88. The van der Waals surface area contributed by atoms with Crippen LogP contribution in [0.15, 0.2) is 42.5 Å². The number of hydrogen-bond acceptors (Lipinski definition) is 5. The van der Waals surface area contributed by atoms with Gasteiger partial charge in [-0.2, -0.15) is 51.3 Å². The predicted molar refractivity (Wildman–Crippen MR) is 177 cm³/mol. The van der Waals surface area contributed by atoms with Crippen LogP contribution in [-0.2, 0) is 29.7 Å². The second-order valence-electron chi connectivity index (χ2n) is 12.3. The fourth-order valence-corrected chi connectivity index (χ4v) is 8.62. The topological polar surface area (TPSA) is 32.8 Å². The number of anilines is 3. The van der Waals surface area contributed by atoms with Crippen molar-refractivity contribution < 1.29 is 44.1 Å². The molecule has 0 unspecified atom stereocenters. The van der Waals surface area contributed by atoms with Gasteiger partial charge in [-0.3, -0.25) is 0 Å². The van der Waals surface area contributed by atoms with Crippen molar-refractivity contribution in [2.24, 2.45) is 0 Å². The van der Waals surface area contributed by atoms with Crippen molar-refractivity contribution in [2.75, 3.05) is 77.0 Å². The van der Waals surface area contributed by atoms with E-state index in [9.17, 15) is 30.9 Å². The molecule has 4 nitrogen and oxygen atoms in total. The SMILES string of the molecule is [O-][S+]1CCN(c2ccc(C(F)(F)F)cc2-c2cc(N3CCSCC3)c(-c3cc(N4CCCCC4)[c]cc3C(F)(F)F)cc2C(F)(F)F)CC1. The molecule has 3 saturated heterocycles. The van der Waals surface area contributed by atoms with Crippen molar-refractivity contribution in [3.05, 3.63) is 65.2 Å². The molecule has 265 valence electrons. The highest BCUT2D eigenvalue weighted by Crippen LogP contribution is 2.50. The molecule has 1 radical (unpaired) electrons. The summed E-state index contributed by atoms with van der Waals surface area (Å²) in [6.07, 6.45) is -12.4. The van der Waals surface area contributed by atoms with Gasteiger partial charge in [-0.05, 0) is 72.9 Å². The van der Waals surface area contributed by atoms with Gasteiger partial charge in [-0.1, -0.05) is 11.2 Å².